The van der Waals surface area contributed by atoms with Crippen molar-refractivity contribution >= 4 is 22.6 Å². The van der Waals surface area contributed by atoms with Crippen molar-refractivity contribution in [1.29, 1.82) is 0 Å². The summed E-state index contributed by atoms with van der Waals surface area (Å²) >= 11 is 2.29. The van der Waals surface area contributed by atoms with E-state index in [1.54, 1.807) is 11.0 Å². The van der Waals surface area contributed by atoms with Crippen LogP contribution in [0.5, 0.6) is 0 Å². The van der Waals surface area contributed by atoms with Crippen LogP contribution in [0.25, 0.3) is 17.1 Å². The fourth-order valence-electron chi connectivity index (χ4n) is 1.82. The van der Waals surface area contributed by atoms with Crippen molar-refractivity contribution in [3.63, 3.8) is 0 Å². The van der Waals surface area contributed by atoms with Crippen molar-refractivity contribution in [2.24, 2.45) is 0 Å². The quantitative estimate of drug-likeness (QED) is 0.650. The summed E-state index contributed by atoms with van der Waals surface area (Å²) in [5.41, 5.74) is 3.29. The van der Waals surface area contributed by atoms with E-state index in [-0.39, 0.29) is 0 Å². The molecule has 3 nitrogen and oxygen atoms in total. The lowest BCUT2D eigenvalue weighted by molar-refractivity contribution is 0.882. The Kier molecular flexibility index (Phi) is 3.33. The summed E-state index contributed by atoms with van der Waals surface area (Å²) in [4.78, 5) is 4.36. The Morgan fingerprint density at radius 3 is 2.32 bits per heavy atom. The van der Waals surface area contributed by atoms with Gasteiger partial charge in [-0.25, -0.2) is 9.67 Å². The molecule has 2 aromatic carbocycles. The summed E-state index contributed by atoms with van der Waals surface area (Å²) in [6, 6.07) is 16.4. The van der Waals surface area contributed by atoms with Gasteiger partial charge in [0, 0.05) is 9.13 Å². The van der Waals surface area contributed by atoms with Crippen LogP contribution in [0, 0.1) is 10.5 Å². The van der Waals surface area contributed by atoms with E-state index in [9.17, 15) is 0 Å². The highest BCUT2D eigenvalue weighted by atomic mass is 127. The third-order valence-corrected chi connectivity index (χ3v) is 3.61. The monoisotopic (exact) mass is 361 g/mol. The van der Waals surface area contributed by atoms with E-state index in [0.717, 1.165) is 17.1 Å². The van der Waals surface area contributed by atoms with Crippen LogP contribution in [-0.2, 0) is 0 Å². The predicted octanol–water partition coefficient (Wildman–Crippen LogP) is 3.85. The number of halogens is 1. The van der Waals surface area contributed by atoms with Gasteiger partial charge in [-0.05, 0) is 53.8 Å². The highest BCUT2D eigenvalue weighted by Gasteiger charge is 2.05. The van der Waals surface area contributed by atoms with E-state index in [4.69, 9.17) is 0 Å². The molecular weight excluding hydrogens is 349 g/mol. The van der Waals surface area contributed by atoms with Gasteiger partial charge in [-0.15, -0.1) is 5.10 Å². The first-order valence-corrected chi connectivity index (χ1v) is 7.05. The molecule has 0 amide bonds. The third kappa shape index (κ3) is 2.68. The number of benzene rings is 2. The number of hydrogen-bond acceptors (Lipinski definition) is 2. The number of rotatable bonds is 2. The predicted molar refractivity (Wildman–Crippen MR) is 84.2 cm³/mol. The maximum absolute atomic E-state index is 4.51. The number of nitrogens with zero attached hydrogens (tertiary/aromatic N) is 3. The fourth-order valence-corrected chi connectivity index (χ4v) is 2.18. The Bertz CT molecular complexity index is 624. The largest absolute Gasteiger partial charge is 0.220 e. The lowest BCUT2D eigenvalue weighted by atomic mass is 10.1. The van der Waals surface area contributed by atoms with E-state index < -0.39 is 0 Å². The summed E-state index contributed by atoms with van der Waals surface area (Å²) in [6.07, 6.45) is 1.75. The number of aromatic nitrogens is 3. The second kappa shape index (κ2) is 5.13. The molecule has 4 heteroatoms. The molecule has 19 heavy (non-hydrogen) atoms. The molecule has 0 fully saturated rings. The minimum Gasteiger partial charge on any atom is -0.220 e. The summed E-state index contributed by atoms with van der Waals surface area (Å²) < 4.78 is 3.01. The molecule has 1 aromatic heterocycles. The van der Waals surface area contributed by atoms with Gasteiger partial charge in [0.2, 0.25) is 0 Å². The van der Waals surface area contributed by atoms with Gasteiger partial charge in [-0.2, -0.15) is 0 Å². The fraction of sp³-hybridized carbons (Fsp3) is 0.0667. The van der Waals surface area contributed by atoms with E-state index in [1.165, 1.54) is 9.13 Å². The summed E-state index contributed by atoms with van der Waals surface area (Å²) in [5.74, 6) is 0.749. The first kappa shape index (κ1) is 12.3. The minimum atomic E-state index is 0.749. The smallest absolute Gasteiger partial charge is 0.181 e. The molecule has 94 valence electrons. The molecule has 0 saturated heterocycles. The molecule has 0 atom stereocenters. The van der Waals surface area contributed by atoms with E-state index in [0.29, 0.717) is 0 Å². The first-order valence-electron chi connectivity index (χ1n) is 5.97. The Balaban J connectivity index is 1.95. The molecule has 0 aliphatic heterocycles. The lowest BCUT2D eigenvalue weighted by Gasteiger charge is -2.00. The number of aryl methyl sites for hydroxylation is 1. The van der Waals surface area contributed by atoms with Crippen LogP contribution in [0.3, 0.4) is 0 Å². The summed E-state index contributed by atoms with van der Waals surface area (Å²) in [7, 11) is 0. The molecule has 0 aliphatic carbocycles. The van der Waals surface area contributed by atoms with Gasteiger partial charge >= 0.3 is 0 Å². The average molecular weight is 361 g/mol. The minimum absolute atomic E-state index is 0.749. The van der Waals surface area contributed by atoms with Crippen molar-refractivity contribution in [2.45, 2.75) is 6.92 Å². The number of hydrogen-bond donors (Lipinski definition) is 0. The van der Waals surface area contributed by atoms with Crippen LogP contribution in [0.1, 0.15) is 5.56 Å². The molecule has 0 aliphatic rings. The maximum Gasteiger partial charge on any atom is 0.181 e. The highest BCUT2D eigenvalue weighted by Crippen LogP contribution is 2.17. The summed E-state index contributed by atoms with van der Waals surface area (Å²) in [5, 5.41) is 4.51. The highest BCUT2D eigenvalue weighted by molar-refractivity contribution is 14.1. The normalized spacial score (nSPS) is 10.6. The molecule has 0 bridgehead atoms. The summed E-state index contributed by atoms with van der Waals surface area (Å²) in [6.45, 7) is 2.07. The topological polar surface area (TPSA) is 30.7 Å². The molecule has 0 saturated carbocycles. The molecule has 1 heterocycles. The molecule has 0 spiro atoms. The van der Waals surface area contributed by atoms with Gasteiger partial charge in [0.1, 0.15) is 6.33 Å². The zero-order chi connectivity index (χ0) is 13.2. The third-order valence-electron chi connectivity index (χ3n) is 2.89. The van der Waals surface area contributed by atoms with Crippen molar-refractivity contribution in [1.82, 2.24) is 14.8 Å². The molecular formula is C15H12IN3. The zero-order valence-electron chi connectivity index (χ0n) is 10.4. The lowest BCUT2D eigenvalue weighted by Crippen LogP contribution is -1.94. The van der Waals surface area contributed by atoms with Gasteiger partial charge in [0.15, 0.2) is 5.82 Å². The van der Waals surface area contributed by atoms with Gasteiger partial charge in [-0.3, -0.25) is 0 Å². The average Bonchev–Trinajstić information content (AvgIpc) is 2.90. The molecule has 0 unspecified atom stereocenters. The van der Waals surface area contributed by atoms with Crippen molar-refractivity contribution in [3.05, 3.63) is 64.0 Å². The Hall–Kier alpha value is -1.69. The molecule has 0 N–H and O–H groups in total. The van der Waals surface area contributed by atoms with E-state index >= 15 is 0 Å². The zero-order valence-corrected chi connectivity index (χ0v) is 12.6. The second-order valence-corrected chi connectivity index (χ2v) is 5.60. The Morgan fingerprint density at radius 1 is 0.947 bits per heavy atom. The van der Waals surface area contributed by atoms with Gasteiger partial charge in [0.25, 0.3) is 0 Å². The van der Waals surface area contributed by atoms with Crippen molar-refractivity contribution in [3.8, 4) is 17.1 Å². The van der Waals surface area contributed by atoms with Gasteiger partial charge in [0.05, 0.1) is 5.69 Å². The molecule has 3 rings (SSSR count). The van der Waals surface area contributed by atoms with Crippen molar-refractivity contribution < 1.29 is 0 Å². The van der Waals surface area contributed by atoms with E-state index in [2.05, 4.69) is 63.9 Å². The van der Waals surface area contributed by atoms with Crippen LogP contribution < -0.4 is 0 Å². The second-order valence-electron chi connectivity index (χ2n) is 4.36. The van der Waals surface area contributed by atoms with Crippen LogP contribution in [0.15, 0.2) is 54.9 Å². The van der Waals surface area contributed by atoms with E-state index in [1.807, 2.05) is 24.3 Å². The Labute approximate surface area is 125 Å². The van der Waals surface area contributed by atoms with Gasteiger partial charge in [-0.1, -0.05) is 29.8 Å². The van der Waals surface area contributed by atoms with Crippen LogP contribution >= 0.6 is 22.6 Å². The Morgan fingerprint density at radius 2 is 1.63 bits per heavy atom. The van der Waals surface area contributed by atoms with Crippen LogP contribution in [0.2, 0.25) is 0 Å². The van der Waals surface area contributed by atoms with Crippen LogP contribution in [-0.4, -0.2) is 14.8 Å². The SMILES string of the molecule is Cc1ccc(-c2ncn(-c3ccc(I)cc3)n2)cc1. The maximum atomic E-state index is 4.51. The van der Waals surface area contributed by atoms with Crippen molar-refractivity contribution in [2.75, 3.05) is 0 Å². The molecule has 0 radical (unpaired) electrons. The first-order chi connectivity index (χ1) is 9.22. The molecule has 3 aromatic rings. The standard InChI is InChI=1S/C15H12IN3/c1-11-2-4-12(5-3-11)15-17-10-19(18-15)14-8-6-13(16)7-9-14/h2-10H,1H3. The van der Waals surface area contributed by atoms with Gasteiger partial charge < -0.3 is 0 Å². The van der Waals surface area contributed by atoms with Crippen LogP contribution in [0.4, 0.5) is 0 Å².